The summed E-state index contributed by atoms with van der Waals surface area (Å²) in [7, 11) is 0. The summed E-state index contributed by atoms with van der Waals surface area (Å²) >= 11 is 0. The maximum atomic E-state index is 8.28. The highest BCUT2D eigenvalue weighted by atomic mass is 16.4. The Labute approximate surface area is 67.9 Å². The van der Waals surface area contributed by atoms with Gasteiger partial charge in [-0.2, -0.15) is 0 Å². The van der Waals surface area contributed by atoms with Crippen molar-refractivity contribution in [1.82, 2.24) is 0 Å². The van der Waals surface area contributed by atoms with Crippen molar-refractivity contribution in [1.29, 1.82) is 0 Å². The van der Waals surface area contributed by atoms with E-state index in [-0.39, 0.29) is 5.41 Å². The van der Waals surface area contributed by atoms with Crippen LogP contribution < -0.4 is 0 Å². The minimum Gasteiger partial charge on any atom is -0.411 e. The summed E-state index contributed by atoms with van der Waals surface area (Å²) in [5, 5.41) is 11.3. The summed E-state index contributed by atoms with van der Waals surface area (Å²) < 4.78 is 0. The molecule has 2 heteroatoms. The molecule has 0 rings (SSSR count). The molecule has 0 unspecified atom stereocenters. The van der Waals surface area contributed by atoms with Gasteiger partial charge in [0.15, 0.2) is 0 Å². The Bertz CT molecular complexity index is 204. The SMILES string of the molecule is CC(C)=C=CC(C)(C)/C=N/O. The van der Waals surface area contributed by atoms with Gasteiger partial charge in [-0.05, 0) is 25.5 Å². The molecule has 62 valence electrons. The van der Waals surface area contributed by atoms with Crippen molar-refractivity contribution in [3.05, 3.63) is 17.4 Å². The van der Waals surface area contributed by atoms with Crippen LogP contribution in [0.1, 0.15) is 27.7 Å². The van der Waals surface area contributed by atoms with Gasteiger partial charge in [0.1, 0.15) is 0 Å². The standard InChI is InChI=1S/C9H15NO/c1-8(2)5-6-9(3,4)7-10-11/h6-7,11H,1-4H3/b10-7+. The topological polar surface area (TPSA) is 32.6 Å². The molecule has 0 bridgehead atoms. The number of rotatable bonds is 2. The van der Waals surface area contributed by atoms with Gasteiger partial charge < -0.3 is 5.21 Å². The fraction of sp³-hybridized carbons (Fsp3) is 0.556. The van der Waals surface area contributed by atoms with Gasteiger partial charge in [0.25, 0.3) is 0 Å². The fourth-order valence-electron chi connectivity index (χ4n) is 0.516. The van der Waals surface area contributed by atoms with E-state index in [1.54, 1.807) is 0 Å². The van der Waals surface area contributed by atoms with Crippen molar-refractivity contribution < 1.29 is 5.21 Å². The Morgan fingerprint density at radius 1 is 1.45 bits per heavy atom. The molecule has 0 aliphatic rings. The maximum Gasteiger partial charge on any atom is 0.0536 e. The predicted molar refractivity (Wildman–Crippen MR) is 47.0 cm³/mol. The van der Waals surface area contributed by atoms with E-state index < -0.39 is 0 Å². The lowest BCUT2D eigenvalue weighted by atomic mass is 9.95. The monoisotopic (exact) mass is 153 g/mol. The molecule has 0 atom stereocenters. The zero-order valence-corrected chi connectivity index (χ0v) is 7.55. The van der Waals surface area contributed by atoms with Crippen molar-refractivity contribution in [3.8, 4) is 0 Å². The quantitative estimate of drug-likeness (QED) is 0.281. The van der Waals surface area contributed by atoms with Gasteiger partial charge in [-0.15, -0.1) is 10.9 Å². The number of oxime groups is 1. The molecule has 1 N–H and O–H groups in total. The Kier molecular flexibility index (Phi) is 3.63. The van der Waals surface area contributed by atoms with E-state index in [1.165, 1.54) is 6.21 Å². The Morgan fingerprint density at radius 3 is 2.36 bits per heavy atom. The Balaban J connectivity index is 4.48. The van der Waals surface area contributed by atoms with Crippen molar-refractivity contribution in [2.24, 2.45) is 10.6 Å². The van der Waals surface area contributed by atoms with Crippen LogP contribution in [0.15, 0.2) is 22.5 Å². The zero-order valence-electron chi connectivity index (χ0n) is 7.55. The largest absolute Gasteiger partial charge is 0.411 e. The molecule has 0 aliphatic carbocycles. The van der Waals surface area contributed by atoms with Crippen LogP contribution in [0.2, 0.25) is 0 Å². The first kappa shape index (κ1) is 9.99. The molecule has 0 heterocycles. The lowest BCUT2D eigenvalue weighted by molar-refractivity contribution is 0.317. The molecule has 0 saturated heterocycles. The summed E-state index contributed by atoms with van der Waals surface area (Å²) in [6, 6.07) is 0. The van der Waals surface area contributed by atoms with E-state index in [0.717, 1.165) is 5.57 Å². The number of nitrogens with zero attached hydrogens (tertiary/aromatic N) is 1. The summed E-state index contributed by atoms with van der Waals surface area (Å²) in [6.07, 6.45) is 3.35. The van der Waals surface area contributed by atoms with Gasteiger partial charge in [-0.1, -0.05) is 13.8 Å². The van der Waals surface area contributed by atoms with Crippen LogP contribution in [0.25, 0.3) is 0 Å². The average molecular weight is 153 g/mol. The predicted octanol–water partition coefficient (Wildman–Crippen LogP) is 2.59. The van der Waals surface area contributed by atoms with Crippen LogP contribution >= 0.6 is 0 Å². The number of allylic oxidation sites excluding steroid dienone is 1. The fourth-order valence-corrected chi connectivity index (χ4v) is 0.516. The molecular weight excluding hydrogens is 138 g/mol. The molecule has 0 fully saturated rings. The first-order valence-corrected chi connectivity index (χ1v) is 3.57. The lowest BCUT2D eigenvalue weighted by Gasteiger charge is -2.09. The minimum atomic E-state index is -0.216. The van der Waals surface area contributed by atoms with Crippen molar-refractivity contribution in [3.63, 3.8) is 0 Å². The smallest absolute Gasteiger partial charge is 0.0536 e. The van der Waals surface area contributed by atoms with Gasteiger partial charge >= 0.3 is 0 Å². The van der Waals surface area contributed by atoms with E-state index in [2.05, 4.69) is 10.9 Å². The molecule has 0 saturated carbocycles. The van der Waals surface area contributed by atoms with Gasteiger partial charge in [0.05, 0.1) is 6.21 Å². The summed E-state index contributed by atoms with van der Waals surface area (Å²) in [5.41, 5.74) is 3.96. The normalized spacial score (nSPS) is 11.3. The van der Waals surface area contributed by atoms with Crippen LogP contribution in [0, 0.1) is 5.41 Å². The van der Waals surface area contributed by atoms with Crippen LogP contribution in [0.3, 0.4) is 0 Å². The molecule has 11 heavy (non-hydrogen) atoms. The third-order valence-electron chi connectivity index (χ3n) is 1.12. The third-order valence-corrected chi connectivity index (χ3v) is 1.12. The van der Waals surface area contributed by atoms with Crippen LogP contribution in [-0.4, -0.2) is 11.4 Å². The second kappa shape index (κ2) is 3.99. The molecule has 0 aliphatic heterocycles. The van der Waals surface area contributed by atoms with Gasteiger partial charge in [-0.25, -0.2) is 0 Å². The minimum absolute atomic E-state index is 0.216. The Morgan fingerprint density at radius 2 is 2.00 bits per heavy atom. The zero-order chi connectivity index (χ0) is 8.91. The van der Waals surface area contributed by atoms with E-state index in [1.807, 2.05) is 33.8 Å². The number of hydrogen-bond donors (Lipinski definition) is 1. The molecule has 0 aromatic rings. The summed E-state index contributed by atoms with van der Waals surface area (Å²) in [4.78, 5) is 0. The highest BCUT2D eigenvalue weighted by molar-refractivity contribution is 5.66. The maximum absolute atomic E-state index is 8.28. The second-order valence-corrected chi connectivity index (χ2v) is 3.35. The van der Waals surface area contributed by atoms with E-state index in [9.17, 15) is 0 Å². The highest BCUT2D eigenvalue weighted by Gasteiger charge is 2.09. The first-order chi connectivity index (χ1) is 4.98. The molecular formula is C9H15NO. The molecule has 0 radical (unpaired) electrons. The molecule has 0 aromatic carbocycles. The molecule has 0 spiro atoms. The van der Waals surface area contributed by atoms with E-state index >= 15 is 0 Å². The van der Waals surface area contributed by atoms with Crippen molar-refractivity contribution >= 4 is 6.21 Å². The Hall–Kier alpha value is -1.01. The molecule has 2 nitrogen and oxygen atoms in total. The van der Waals surface area contributed by atoms with Crippen LogP contribution in [0.4, 0.5) is 0 Å². The van der Waals surface area contributed by atoms with Gasteiger partial charge in [-0.3, -0.25) is 0 Å². The van der Waals surface area contributed by atoms with Gasteiger partial charge in [0.2, 0.25) is 0 Å². The summed E-state index contributed by atoms with van der Waals surface area (Å²) in [5.74, 6) is 0. The van der Waals surface area contributed by atoms with E-state index in [4.69, 9.17) is 5.21 Å². The second-order valence-electron chi connectivity index (χ2n) is 3.35. The lowest BCUT2D eigenvalue weighted by Crippen LogP contribution is -2.07. The van der Waals surface area contributed by atoms with E-state index in [0.29, 0.717) is 0 Å². The number of hydrogen-bond acceptors (Lipinski definition) is 2. The van der Waals surface area contributed by atoms with Crippen molar-refractivity contribution in [2.75, 3.05) is 0 Å². The van der Waals surface area contributed by atoms with Gasteiger partial charge in [0, 0.05) is 5.41 Å². The third kappa shape index (κ3) is 5.43. The molecule has 0 aromatic heterocycles. The molecule has 0 amide bonds. The first-order valence-electron chi connectivity index (χ1n) is 3.57. The highest BCUT2D eigenvalue weighted by Crippen LogP contribution is 2.12. The summed E-state index contributed by atoms with van der Waals surface area (Å²) in [6.45, 7) is 7.84. The van der Waals surface area contributed by atoms with Crippen LogP contribution in [-0.2, 0) is 0 Å². The van der Waals surface area contributed by atoms with Crippen LogP contribution in [0.5, 0.6) is 0 Å². The van der Waals surface area contributed by atoms with Crippen molar-refractivity contribution in [2.45, 2.75) is 27.7 Å². The average Bonchev–Trinajstić information content (AvgIpc) is 1.84.